The summed E-state index contributed by atoms with van der Waals surface area (Å²) in [5.74, 6) is 1.95. The zero-order valence-electron chi connectivity index (χ0n) is 10.5. The lowest BCUT2D eigenvalue weighted by molar-refractivity contribution is 0.143. The van der Waals surface area contributed by atoms with Gasteiger partial charge in [0.25, 0.3) is 0 Å². The van der Waals surface area contributed by atoms with E-state index in [1.165, 1.54) is 0 Å². The van der Waals surface area contributed by atoms with Crippen LogP contribution >= 0.6 is 0 Å². The minimum atomic E-state index is 0.477. The first-order valence-corrected chi connectivity index (χ1v) is 5.46. The Bertz CT molecular complexity index is 305. The average Bonchev–Trinajstić information content (AvgIpc) is 2.29. The molecule has 0 aromatic carbocycles. The van der Waals surface area contributed by atoms with Crippen LogP contribution in [0.1, 0.15) is 5.82 Å². The monoisotopic (exact) mass is 241 g/mol. The fraction of sp³-hybridized carbons (Fsp3) is 0.636. The first-order valence-electron chi connectivity index (χ1n) is 5.46. The van der Waals surface area contributed by atoms with Crippen molar-refractivity contribution in [2.24, 2.45) is 0 Å². The standard InChI is InChI=1S/C11H19N3O3/c1-9-13-10(12-4-5-15-2)8-11(14-9)17-7-6-16-3/h8H,4-7H2,1-3H3,(H,12,13,14). The topological polar surface area (TPSA) is 65.5 Å². The molecule has 0 fully saturated rings. The van der Waals surface area contributed by atoms with Crippen LogP contribution in [0.3, 0.4) is 0 Å². The van der Waals surface area contributed by atoms with Gasteiger partial charge in [-0.2, -0.15) is 4.98 Å². The fourth-order valence-electron chi connectivity index (χ4n) is 1.22. The van der Waals surface area contributed by atoms with Gasteiger partial charge in [-0.15, -0.1) is 0 Å². The third kappa shape index (κ3) is 5.46. The van der Waals surface area contributed by atoms with Crippen LogP contribution in [0.25, 0.3) is 0 Å². The summed E-state index contributed by atoms with van der Waals surface area (Å²) < 4.78 is 15.3. The third-order valence-corrected chi connectivity index (χ3v) is 1.96. The smallest absolute Gasteiger partial charge is 0.218 e. The molecule has 0 radical (unpaired) electrons. The highest BCUT2D eigenvalue weighted by Crippen LogP contribution is 2.12. The Morgan fingerprint density at radius 3 is 2.59 bits per heavy atom. The number of nitrogens with one attached hydrogen (secondary N) is 1. The molecule has 0 aliphatic rings. The number of ether oxygens (including phenoxy) is 3. The molecule has 17 heavy (non-hydrogen) atoms. The van der Waals surface area contributed by atoms with Gasteiger partial charge < -0.3 is 19.5 Å². The predicted octanol–water partition coefficient (Wildman–Crippen LogP) is 0.869. The summed E-state index contributed by atoms with van der Waals surface area (Å²) >= 11 is 0. The second kappa shape index (κ2) is 7.81. The summed E-state index contributed by atoms with van der Waals surface area (Å²) in [5, 5.41) is 3.13. The summed E-state index contributed by atoms with van der Waals surface area (Å²) in [7, 11) is 3.29. The third-order valence-electron chi connectivity index (χ3n) is 1.96. The van der Waals surface area contributed by atoms with Crippen molar-refractivity contribution in [2.45, 2.75) is 6.92 Å². The van der Waals surface area contributed by atoms with Crippen molar-refractivity contribution in [3.8, 4) is 5.88 Å². The number of rotatable bonds is 8. The van der Waals surface area contributed by atoms with Crippen molar-refractivity contribution in [3.05, 3.63) is 11.9 Å². The molecule has 0 spiro atoms. The second-order valence-corrected chi connectivity index (χ2v) is 3.40. The Morgan fingerprint density at radius 2 is 1.88 bits per heavy atom. The molecule has 0 bridgehead atoms. The lowest BCUT2D eigenvalue weighted by Gasteiger charge is -2.09. The molecule has 1 aromatic heterocycles. The van der Waals surface area contributed by atoms with E-state index in [0.29, 0.717) is 38.1 Å². The molecule has 0 saturated heterocycles. The van der Waals surface area contributed by atoms with Crippen molar-refractivity contribution in [3.63, 3.8) is 0 Å². The largest absolute Gasteiger partial charge is 0.475 e. The minimum Gasteiger partial charge on any atom is -0.475 e. The Kier molecular flexibility index (Phi) is 6.27. The van der Waals surface area contributed by atoms with E-state index in [-0.39, 0.29) is 0 Å². The average molecular weight is 241 g/mol. The number of hydrogen-bond donors (Lipinski definition) is 1. The van der Waals surface area contributed by atoms with Crippen LogP contribution in [0.4, 0.5) is 5.82 Å². The maximum Gasteiger partial charge on any atom is 0.218 e. The van der Waals surface area contributed by atoms with Gasteiger partial charge >= 0.3 is 0 Å². The van der Waals surface area contributed by atoms with Crippen LogP contribution in [-0.4, -0.2) is 50.6 Å². The van der Waals surface area contributed by atoms with E-state index in [1.807, 2.05) is 6.92 Å². The van der Waals surface area contributed by atoms with E-state index >= 15 is 0 Å². The SMILES string of the molecule is COCCNc1cc(OCCOC)nc(C)n1. The molecule has 1 aromatic rings. The van der Waals surface area contributed by atoms with E-state index in [2.05, 4.69) is 15.3 Å². The van der Waals surface area contributed by atoms with Crippen molar-refractivity contribution in [1.29, 1.82) is 0 Å². The molecule has 6 heteroatoms. The minimum absolute atomic E-state index is 0.477. The lowest BCUT2D eigenvalue weighted by Crippen LogP contribution is -2.11. The van der Waals surface area contributed by atoms with E-state index in [0.717, 1.165) is 5.82 Å². The predicted molar refractivity (Wildman–Crippen MR) is 64.5 cm³/mol. The lowest BCUT2D eigenvalue weighted by atomic mass is 10.5. The summed E-state index contributed by atoms with van der Waals surface area (Å²) in [6.45, 7) is 4.16. The van der Waals surface area contributed by atoms with E-state index in [1.54, 1.807) is 20.3 Å². The molecule has 0 amide bonds. The number of anilines is 1. The van der Waals surface area contributed by atoms with Gasteiger partial charge in [-0.1, -0.05) is 0 Å². The van der Waals surface area contributed by atoms with Gasteiger partial charge in [0, 0.05) is 26.8 Å². The van der Waals surface area contributed by atoms with Crippen LogP contribution in [0.2, 0.25) is 0 Å². The van der Waals surface area contributed by atoms with Crippen LogP contribution < -0.4 is 10.1 Å². The van der Waals surface area contributed by atoms with Crippen LogP contribution in [0.5, 0.6) is 5.88 Å². The summed E-state index contributed by atoms with van der Waals surface area (Å²) in [4.78, 5) is 8.42. The van der Waals surface area contributed by atoms with Crippen molar-refractivity contribution in [2.75, 3.05) is 45.9 Å². The summed E-state index contributed by atoms with van der Waals surface area (Å²) in [6, 6.07) is 1.76. The second-order valence-electron chi connectivity index (χ2n) is 3.40. The molecule has 0 atom stereocenters. The Hall–Kier alpha value is -1.40. The maximum absolute atomic E-state index is 5.43. The number of aromatic nitrogens is 2. The van der Waals surface area contributed by atoms with E-state index in [9.17, 15) is 0 Å². The van der Waals surface area contributed by atoms with Gasteiger partial charge in [0.15, 0.2) is 0 Å². The molecule has 6 nitrogen and oxygen atoms in total. The molecular weight excluding hydrogens is 222 g/mol. The molecule has 0 aliphatic carbocycles. The normalized spacial score (nSPS) is 10.3. The molecule has 0 unspecified atom stereocenters. The molecule has 96 valence electrons. The zero-order valence-corrected chi connectivity index (χ0v) is 10.5. The van der Waals surface area contributed by atoms with Gasteiger partial charge in [-0.25, -0.2) is 4.98 Å². The maximum atomic E-state index is 5.43. The Balaban J connectivity index is 2.53. The Labute approximate surface area is 101 Å². The highest BCUT2D eigenvalue weighted by Gasteiger charge is 2.02. The number of hydrogen-bond acceptors (Lipinski definition) is 6. The van der Waals surface area contributed by atoms with Gasteiger partial charge in [0.1, 0.15) is 18.2 Å². The fourth-order valence-corrected chi connectivity index (χ4v) is 1.22. The number of methoxy groups -OCH3 is 2. The van der Waals surface area contributed by atoms with Crippen LogP contribution in [0.15, 0.2) is 6.07 Å². The molecule has 1 N–H and O–H groups in total. The van der Waals surface area contributed by atoms with Gasteiger partial charge in [-0.05, 0) is 6.92 Å². The molecule has 0 saturated carbocycles. The van der Waals surface area contributed by atoms with Crippen molar-refractivity contribution < 1.29 is 14.2 Å². The quantitative estimate of drug-likeness (QED) is 0.681. The van der Waals surface area contributed by atoms with Gasteiger partial charge in [0.2, 0.25) is 5.88 Å². The zero-order chi connectivity index (χ0) is 12.5. The highest BCUT2D eigenvalue weighted by atomic mass is 16.5. The highest BCUT2D eigenvalue weighted by molar-refractivity contribution is 5.38. The molecule has 1 heterocycles. The van der Waals surface area contributed by atoms with Crippen molar-refractivity contribution in [1.82, 2.24) is 9.97 Å². The van der Waals surface area contributed by atoms with E-state index < -0.39 is 0 Å². The summed E-state index contributed by atoms with van der Waals surface area (Å²) in [6.07, 6.45) is 0. The first kappa shape index (κ1) is 13.7. The molecule has 1 rings (SSSR count). The summed E-state index contributed by atoms with van der Waals surface area (Å²) in [5.41, 5.74) is 0. The van der Waals surface area contributed by atoms with Crippen LogP contribution in [-0.2, 0) is 9.47 Å². The Morgan fingerprint density at radius 1 is 1.12 bits per heavy atom. The molecular formula is C11H19N3O3. The van der Waals surface area contributed by atoms with Crippen molar-refractivity contribution >= 4 is 5.82 Å². The van der Waals surface area contributed by atoms with E-state index in [4.69, 9.17) is 14.2 Å². The first-order chi connectivity index (χ1) is 8.26. The molecule has 0 aliphatic heterocycles. The number of nitrogens with zero attached hydrogens (tertiary/aromatic N) is 2. The number of aryl methyl sites for hydroxylation is 1. The van der Waals surface area contributed by atoms with Crippen LogP contribution in [0, 0.1) is 6.92 Å². The van der Waals surface area contributed by atoms with Gasteiger partial charge in [-0.3, -0.25) is 0 Å². The van der Waals surface area contributed by atoms with Gasteiger partial charge in [0.05, 0.1) is 13.2 Å².